The van der Waals surface area contributed by atoms with Crippen LogP contribution in [0.1, 0.15) is 78.2 Å². The van der Waals surface area contributed by atoms with Crippen LogP contribution in [-0.4, -0.2) is 46.6 Å². The number of piperidine rings is 1. The van der Waals surface area contributed by atoms with E-state index in [2.05, 4.69) is 36.7 Å². The molecule has 36 heavy (non-hydrogen) atoms. The minimum atomic E-state index is -0.906. The van der Waals surface area contributed by atoms with Gasteiger partial charge in [0.05, 0.1) is 5.41 Å². The van der Waals surface area contributed by atoms with E-state index < -0.39 is 22.9 Å². The molecule has 1 aliphatic carbocycles. The number of rotatable bonds is 5. The van der Waals surface area contributed by atoms with E-state index in [9.17, 15) is 24.0 Å². The van der Waals surface area contributed by atoms with E-state index in [1.165, 1.54) is 0 Å². The number of nitrogens with one attached hydrogen (secondary N) is 3. The standard InChI is InChI=1S/C27H36N4O5/c1-5-26(13-12-20(32)29-22(26)34)18-6-8-19(9-7-18)28-21(33)16-31-23(35)27(30-24(31)36)14-10-17(11-15-27)25(2,3)4/h6-9,17H,5,10-16H2,1-4H3,(H,28,33)(H,30,36)(H,29,32,34). The first-order chi connectivity index (χ1) is 16.9. The van der Waals surface area contributed by atoms with Crippen molar-refractivity contribution in [2.45, 2.75) is 83.6 Å². The summed E-state index contributed by atoms with van der Waals surface area (Å²) in [6.07, 6.45) is 4.13. The maximum Gasteiger partial charge on any atom is 0.325 e. The van der Waals surface area contributed by atoms with Gasteiger partial charge in [0.1, 0.15) is 12.1 Å². The van der Waals surface area contributed by atoms with Gasteiger partial charge < -0.3 is 10.6 Å². The highest BCUT2D eigenvalue weighted by molar-refractivity contribution is 6.10. The molecular weight excluding hydrogens is 460 g/mol. The highest BCUT2D eigenvalue weighted by Crippen LogP contribution is 2.43. The van der Waals surface area contributed by atoms with Crippen LogP contribution >= 0.6 is 0 Å². The number of nitrogens with zero attached hydrogens (tertiary/aromatic N) is 1. The first-order valence-electron chi connectivity index (χ1n) is 12.8. The smallest absolute Gasteiger partial charge is 0.325 e. The Morgan fingerprint density at radius 1 is 1.06 bits per heavy atom. The molecule has 1 atom stereocenters. The second-order valence-corrected chi connectivity index (χ2v) is 11.5. The van der Waals surface area contributed by atoms with Crippen LogP contribution in [0.5, 0.6) is 0 Å². The topological polar surface area (TPSA) is 125 Å². The third kappa shape index (κ3) is 4.63. The molecule has 9 heteroatoms. The molecule has 1 unspecified atom stereocenters. The lowest BCUT2D eigenvalue weighted by Gasteiger charge is -2.40. The van der Waals surface area contributed by atoms with Crippen molar-refractivity contribution in [3.63, 3.8) is 0 Å². The van der Waals surface area contributed by atoms with E-state index in [1.54, 1.807) is 24.3 Å². The van der Waals surface area contributed by atoms with Gasteiger partial charge >= 0.3 is 6.03 Å². The van der Waals surface area contributed by atoms with Crippen LogP contribution in [0, 0.1) is 11.3 Å². The lowest BCUT2D eigenvalue weighted by Crippen LogP contribution is -2.51. The second kappa shape index (κ2) is 9.33. The van der Waals surface area contributed by atoms with Gasteiger partial charge in [-0.2, -0.15) is 0 Å². The molecule has 3 fully saturated rings. The van der Waals surface area contributed by atoms with E-state index in [1.807, 2.05) is 6.92 Å². The highest BCUT2D eigenvalue weighted by Gasteiger charge is 2.53. The quantitative estimate of drug-likeness (QED) is 0.426. The van der Waals surface area contributed by atoms with Crippen molar-refractivity contribution < 1.29 is 24.0 Å². The summed E-state index contributed by atoms with van der Waals surface area (Å²) >= 11 is 0. The Morgan fingerprint density at radius 2 is 1.69 bits per heavy atom. The van der Waals surface area contributed by atoms with Crippen LogP contribution in [0.15, 0.2) is 24.3 Å². The molecule has 3 aliphatic rings. The van der Waals surface area contributed by atoms with Crippen LogP contribution in [0.4, 0.5) is 10.5 Å². The van der Waals surface area contributed by atoms with Gasteiger partial charge in [-0.25, -0.2) is 4.79 Å². The number of carbonyl (C=O) groups excluding carboxylic acids is 5. The predicted octanol–water partition coefficient (Wildman–Crippen LogP) is 3.24. The number of amides is 6. The number of hydrogen-bond donors (Lipinski definition) is 3. The van der Waals surface area contributed by atoms with Crippen LogP contribution in [0.25, 0.3) is 0 Å². The Kier molecular flexibility index (Phi) is 6.70. The van der Waals surface area contributed by atoms with Gasteiger partial charge in [0.25, 0.3) is 5.91 Å². The summed E-state index contributed by atoms with van der Waals surface area (Å²) in [6, 6.07) is 6.39. The average Bonchev–Trinajstić information content (AvgIpc) is 3.03. The molecule has 2 aliphatic heterocycles. The Balaban J connectivity index is 1.38. The lowest BCUT2D eigenvalue weighted by atomic mass is 9.67. The van der Waals surface area contributed by atoms with E-state index in [-0.39, 0.29) is 36.1 Å². The third-order valence-electron chi connectivity index (χ3n) is 8.40. The Morgan fingerprint density at radius 3 is 2.25 bits per heavy atom. The summed E-state index contributed by atoms with van der Waals surface area (Å²) in [6.45, 7) is 8.13. The average molecular weight is 497 g/mol. The maximum absolute atomic E-state index is 13.2. The minimum absolute atomic E-state index is 0.150. The molecule has 2 heterocycles. The molecule has 1 aromatic rings. The number of carbonyl (C=O) groups is 5. The van der Waals surface area contributed by atoms with Gasteiger partial charge in [0.15, 0.2) is 0 Å². The SMILES string of the molecule is CCC1(c2ccc(NC(=O)CN3C(=O)NC4(CCC(C(C)(C)C)CC4)C3=O)cc2)CCC(=O)NC1=O. The molecule has 194 valence electrons. The summed E-state index contributed by atoms with van der Waals surface area (Å²) in [7, 11) is 0. The van der Waals surface area contributed by atoms with Crippen molar-refractivity contribution in [3.8, 4) is 0 Å². The van der Waals surface area contributed by atoms with Gasteiger partial charge in [0.2, 0.25) is 17.7 Å². The number of hydrogen-bond acceptors (Lipinski definition) is 5. The molecule has 0 radical (unpaired) electrons. The Bertz CT molecular complexity index is 1080. The molecule has 0 aromatic heterocycles. The minimum Gasteiger partial charge on any atom is -0.325 e. The summed E-state index contributed by atoms with van der Waals surface area (Å²) in [5, 5.41) is 8.03. The molecule has 1 spiro atoms. The van der Waals surface area contributed by atoms with Crippen LogP contribution in [-0.2, 0) is 24.6 Å². The van der Waals surface area contributed by atoms with Crippen molar-refractivity contribution in [1.29, 1.82) is 0 Å². The molecule has 4 rings (SSSR count). The van der Waals surface area contributed by atoms with Gasteiger partial charge in [-0.15, -0.1) is 0 Å². The zero-order valence-corrected chi connectivity index (χ0v) is 21.5. The third-order valence-corrected chi connectivity index (χ3v) is 8.40. The second-order valence-electron chi connectivity index (χ2n) is 11.5. The number of benzene rings is 1. The van der Waals surface area contributed by atoms with Crippen molar-refractivity contribution in [2.24, 2.45) is 11.3 Å². The van der Waals surface area contributed by atoms with Crippen molar-refractivity contribution in [2.75, 3.05) is 11.9 Å². The fourth-order valence-electron chi connectivity index (χ4n) is 5.92. The van der Waals surface area contributed by atoms with Crippen LogP contribution < -0.4 is 16.0 Å². The molecule has 2 saturated heterocycles. The molecule has 3 N–H and O–H groups in total. The lowest BCUT2D eigenvalue weighted by molar-refractivity contribution is -0.138. The molecular formula is C27H36N4O5. The highest BCUT2D eigenvalue weighted by atomic mass is 16.2. The Labute approximate surface area is 211 Å². The normalized spacial score (nSPS) is 28.8. The fraction of sp³-hybridized carbons (Fsp3) is 0.593. The van der Waals surface area contributed by atoms with Gasteiger partial charge in [0, 0.05) is 12.1 Å². The largest absolute Gasteiger partial charge is 0.325 e. The van der Waals surface area contributed by atoms with E-state index >= 15 is 0 Å². The van der Waals surface area contributed by atoms with E-state index in [0.29, 0.717) is 37.3 Å². The van der Waals surface area contributed by atoms with E-state index in [4.69, 9.17) is 0 Å². The Hall–Kier alpha value is -3.23. The first-order valence-corrected chi connectivity index (χ1v) is 12.8. The monoisotopic (exact) mass is 496 g/mol. The predicted molar refractivity (Wildman–Crippen MR) is 134 cm³/mol. The van der Waals surface area contributed by atoms with Crippen molar-refractivity contribution in [1.82, 2.24) is 15.5 Å². The summed E-state index contributed by atoms with van der Waals surface area (Å²) in [5.74, 6) is -0.884. The van der Waals surface area contributed by atoms with Crippen molar-refractivity contribution >= 4 is 35.3 Å². The summed E-state index contributed by atoms with van der Waals surface area (Å²) in [5.41, 5.74) is -0.268. The zero-order chi connectivity index (χ0) is 26.3. The van der Waals surface area contributed by atoms with Crippen molar-refractivity contribution in [3.05, 3.63) is 29.8 Å². The van der Waals surface area contributed by atoms with Gasteiger partial charge in [-0.05, 0) is 67.6 Å². The molecule has 0 bridgehead atoms. The van der Waals surface area contributed by atoms with Crippen LogP contribution in [0.3, 0.4) is 0 Å². The van der Waals surface area contributed by atoms with E-state index in [0.717, 1.165) is 23.3 Å². The van der Waals surface area contributed by atoms with Gasteiger partial charge in [-0.1, -0.05) is 39.8 Å². The zero-order valence-electron chi connectivity index (χ0n) is 21.5. The number of imide groups is 2. The summed E-state index contributed by atoms with van der Waals surface area (Å²) in [4.78, 5) is 63.7. The molecule has 6 amide bonds. The van der Waals surface area contributed by atoms with Gasteiger partial charge in [-0.3, -0.25) is 29.4 Å². The molecule has 1 aromatic carbocycles. The first kappa shape index (κ1) is 25.9. The fourth-order valence-corrected chi connectivity index (χ4v) is 5.92. The number of anilines is 1. The molecule has 9 nitrogen and oxygen atoms in total. The van der Waals surface area contributed by atoms with Crippen LogP contribution in [0.2, 0.25) is 0 Å². The maximum atomic E-state index is 13.2. The summed E-state index contributed by atoms with van der Waals surface area (Å²) < 4.78 is 0. The molecule has 1 saturated carbocycles. The number of urea groups is 1.